The van der Waals surface area contributed by atoms with Crippen LogP contribution in [0, 0.1) is 0 Å². The second kappa shape index (κ2) is 4.52. The van der Waals surface area contributed by atoms with E-state index in [1.54, 1.807) is 0 Å². The highest BCUT2D eigenvalue weighted by atomic mass is 19.4. The van der Waals surface area contributed by atoms with Crippen molar-refractivity contribution in [2.45, 2.75) is 18.6 Å². The summed E-state index contributed by atoms with van der Waals surface area (Å²) in [4.78, 5) is 26.0. The first kappa shape index (κ1) is 13.3. The van der Waals surface area contributed by atoms with Crippen LogP contribution < -0.4 is 0 Å². The highest BCUT2D eigenvalue weighted by molar-refractivity contribution is 5.83. The van der Waals surface area contributed by atoms with E-state index in [4.69, 9.17) is 5.11 Å². The Morgan fingerprint density at radius 2 is 2.11 bits per heavy atom. The van der Waals surface area contributed by atoms with Gasteiger partial charge in [0, 0.05) is 13.1 Å². The topological polar surface area (TPSA) is 88.3 Å². The van der Waals surface area contributed by atoms with Crippen LogP contribution in [-0.4, -0.2) is 55.9 Å². The number of likely N-dealkylation sites (tertiary alicyclic amines) is 1. The number of aromatic nitrogens is 3. The first-order valence-electron chi connectivity index (χ1n) is 5.29. The normalized spacial score (nSPS) is 19.7. The van der Waals surface area contributed by atoms with Crippen molar-refractivity contribution < 1.29 is 27.9 Å². The number of carbonyl (C=O) groups is 2. The highest BCUT2D eigenvalue weighted by Gasteiger charge is 2.45. The maximum absolute atomic E-state index is 12.3. The zero-order valence-electron chi connectivity index (χ0n) is 9.46. The van der Waals surface area contributed by atoms with E-state index in [2.05, 4.69) is 10.1 Å². The summed E-state index contributed by atoms with van der Waals surface area (Å²) in [6, 6.07) is -0.611. The Kier molecular flexibility index (Phi) is 3.16. The van der Waals surface area contributed by atoms with Gasteiger partial charge in [-0.2, -0.15) is 18.3 Å². The van der Waals surface area contributed by atoms with Gasteiger partial charge >= 0.3 is 18.1 Å². The number of alkyl halides is 3. The Balaban J connectivity index is 2.12. The van der Waals surface area contributed by atoms with Gasteiger partial charge in [-0.25, -0.2) is 14.5 Å². The van der Waals surface area contributed by atoms with E-state index in [0.717, 1.165) is 11.0 Å². The summed E-state index contributed by atoms with van der Waals surface area (Å²) in [5.41, 5.74) is 0. The molecule has 1 unspecified atom stereocenters. The first-order chi connectivity index (χ1) is 8.80. The van der Waals surface area contributed by atoms with Crippen molar-refractivity contribution in [1.82, 2.24) is 19.7 Å². The Morgan fingerprint density at radius 1 is 1.42 bits per heavy atom. The summed E-state index contributed by atoms with van der Waals surface area (Å²) in [5.74, 6) is -3.60. The van der Waals surface area contributed by atoms with Crippen LogP contribution in [0.4, 0.5) is 13.2 Å². The van der Waals surface area contributed by atoms with Crippen molar-refractivity contribution in [3.05, 3.63) is 12.2 Å². The second-order valence-electron chi connectivity index (χ2n) is 4.02. The van der Waals surface area contributed by atoms with Crippen molar-refractivity contribution in [3.63, 3.8) is 0 Å². The quantitative estimate of drug-likeness (QED) is 0.841. The molecular weight excluding hydrogens is 269 g/mol. The number of carboxylic acids is 1. The van der Waals surface area contributed by atoms with Gasteiger partial charge in [-0.1, -0.05) is 0 Å². The molecule has 1 amide bonds. The number of carboxylic acid groups (broad SMARTS) is 1. The molecule has 1 atom stereocenters. The standard InChI is InChI=1S/C9H9F3N4O3/c10-9(11,12)8(19)15-2-1-5(3-15)16-6(7(17)18)13-4-14-16/h4-5H,1-3H2,(H,17,18). The number of hydrogen-bond donors (Lipinski definition) is 1. The maximum Gasteiger partial charge on any atom is 0.471 e. The Bertz CT molecular complexity index is 513. The first-order valence-corrected chi connectivity index (χ1v) is 5.29. The maximum atomic E-state index is 12.3. The van der Waals surface area contributed by atoms with Crippen molar-refractivity contribution in [2.75, 3.05) is 13.1 Å². The zero-order chi connectivity index (χ0) is 14.2. The second-order valence-corrected chi connectivity index (χ2v) is 4.02. The number of nitrogens with zero attached hydrogens (tertiary/aromatic N) is 4. The number of carbonyl (C=O) groups excluding carboxylic acids is 1. The van der Waals surface area contributed by atoms with E-state index in [-0.39, 0.29) is 25.3 Å². The summed E-state index contributed by atoms with van der Waals surface area (Å²) < 4.78 is 37.8. The lowest BCUT2D eigenvalue weighted by molar-refractivity contribution is -0.184. The van der Waals surface area contributed by atoms with Crippen molar-refractivity contribution in [3.8, 4) is 0 Å². The minimum atomic E-state index is -4.92. The molecule has 1 aromatic rings. The predicted molar refractivity (Wildman–Crippen MR) is 53.3 cm³/mol. The number of aromatic carboxylic acids is 1. The lowest BCUT2D eigenvalue weighted by Crippen LogP contribution is -2.39. The molecule has 0 bridgehead atoms. The number of hydrogen-bond acceptors (Lipinski definition) is 4. The van der Waals surface area contributed by atoms with Crippen molar-refractivity contribution >= 4 is 11.9 Å². The summed E-state index contributed by atoms with van der Waals surface area (Å²) in [5, 5.41) is 12.5. The number of halogens is 3. The van der Waals surface area contributed by atoms with Gasteiger partial charge in [-0.15, -0.1) is 0 Å². The summed E-state index contributed by atoms with van der Waals surface area (Å²) in [6.07, 6.45) is -3.71. The van der Waals surface area contributed by atoms with Gasteiger partial charge in [0.15, 0.2) is 0 Å². The average molecular weight is 278 g/mol. The van der Waals surface area contributed by atoms with Crippen molar-refractivity contribution in [1.29, 1.82) is 0 Å². The molecule has 1 aliphatic rings. The lowest BCUT2D eigenvalue weighted by Gasteiger charge is -2.18. The third kappa shape index (κ3) is 2.51. The molecular formula is C9H9F3N4O3. The van der Waals surface area contributed by atoms with Gasteiger partial charge in [0.25, 0.3) is 0 Å². The molecule has 1 aromatic heterocycles. The molecule has 7 nitrogen and oxygen atoms in total. The van der Waals surface area contributed by atoms with Crippen LogP contribution in [0.15, 0.2) is 6.33 Å². The zero-order valence-corrected chi connectivity index (χ0v) is 9.46. The molecule has 2 heterocycles. The Hall–Kier alpha value is -2.13. The molecule has 1 N–H and O–H groups in total. The summed E-state index contributed by atoms with van der Waals surface area (Å²) >= 11 is 0. The molecule has 1 saturated heterocycles. The number of amides is 1. The van der Waals surface area contributed by atoms with E-state index < -0.39 is 24.1 Å². The molecule has 0 saturated carbocycles. The summed E-state index contributed by atoms with van der Waals surface area (Å²) in [6.45, 7) is -0.329. The predicted octanol–water partition coefficient (Wildman–Crippen LogP) is 0.312. The third-order valence-electron chi connectivity index (χ3n) is 2.80. The fraction of sp³-hybridized carbons (Fsp3) is 0.556. The van der Waals surface area contributed by atoms with Gasteiger partial charge < -0.3 is 10.0 Å². The molecule has 0 aromatic carbocycles. The molecule has 0 radical (unpaired) electrons. The van der Waals surface area contributed by atoms with Crippen LogP contribution in [0.1, 0.15) is 23.1 Å². The molecule has 19 heavy (non-hydrogen) atoms. The minimum Gasteiger partial charge on any atom is -0.475 e. The lowest BCUT2D eigenvalue weighted by atomic mass is 10.3. The van der Waals surface area contributed by atoms with Gasteiger partial charge in [-0.3, -0.25) is 4.79 Å². The average Bonchev–Trinajstić information content (AvgIpc) is 2.95. The van der Waals surface area contributed by atoms with E-state index in [1.807, 2.05) is 0 Å². The smallest absolute Gasteiger partial charge is 0.471 e. The molecule has 1 fully saturated rings. The van der Waals surface area contributed by atoms with Gasteiger partial charge in [-0.05, 0) is 6.42 Å². The van der Waals surface area contributed by atoms with E-state index in [1.165, 1.54) is 0 Å². The Labute approximate surface area is 104 Å². The number of rotatable bonds is 2. The summed E-state index contributed by atoms with van der Waals surface area (Å²) in [7, 11) is 0. The van der Waals surface area contributed by atoms with Gasteiger partial charge in [0.1, 0.15) is 6.33 Å². The SMILES string of the molecule is O=C(O)c1ncnn1C1CCN(C(=O)C(F)(F)F)C1. The van der Waals surface area contributed by atoms with Crippen LogP contribution in [0.3, 0.4) is 0 Å². The molecule has 2 rings (SSSR count). The van der Waals surface area contributed by atoms with Gasteiger partial charge in [0.2, 0.25) is 5.82 Å². The minimum absolute atomic E-state index is 0.0953. The fourth-order valence-electron chi connectivity index (χ4n) is 1.98. The Morgan fingerprint density at radius 3 is 2.68 bits per heavy atom. The third-order valence-corrected chi connectivity index (χ3v) is 2.80. The van der Waals surface area contributed by atoms with Crippen LogP contribution in [0.2, 0.25) is 0 Å². The fourth-order valence-corrected chi connectivity index (χ4v) is 1.98. The van der Waals surface area contributed by atoms with Crippen LogP contribution >= 0.6 is 0 Å². The van der Waals surface area contributed by atoms with Gasteiger partial charge in [0.05, 0.1) is 6.04 Å². The van der Waals surface area contributed by atoms with E-state index >= 15 is 0 Å². The van der Waals surface area contributed by atoms with Crippen LogP contribution in [0.25, 0.3) is 0 Å². The van der Waals surface area contributed by atoms with Crippen LogP contribution in [0.5, 0.6) is 0 Å². The van der Waals surface area contributed by atoms with E-state index in [0.29, 0.717) is 4.90 Å². The molecule has 104 valence electrons. The van der Waals surface area contributed by atoms with Crippen LogP contribution in [-0.2, 0) is 4.79 Å². The highest BCUT2D eigenvalue weighted by Crippen LogP contribution is 2.26. The molecule has 0 spiro atoms. The molecule has 10 heteroatoms. The van der Waals surface area contributed by atoms with E-state index in [9.17, 15) is 22.8 Å². The molecule has 0 aliphatic carbocycles. The monoisotopic (exact) mass is 278 g/mol. The largest absolute Gasteiger partial charge is 0.475 e. The molecule has 1 aliphatic heterocycles. The van der Waals surface area contributed by atoms with Crippen molar-refractivity contribution in [2.24, 2.45) is 0 Å².